The van der Waals surface area contributed by atoms with Crippen molar-refractivity contribution in [1.82, 2.24) is 4.98 Å². The molecule has 1 fully saturated rings. The van der Waals surface area contributed by atoms with Crippen molar-refractivity contribution < 1.29 is 5.21 Å². The Hall–Kier alpha value is -1.30. The maximum Gasteiger partial charge on any atom is 0.140 e. The number of nitrogens with zero attached hydrogens (tertiary/aromatic N) is 3. The number of amidine groups is 1. The van der Waals surface area contributed by atoms with Crippen LogP contribution in [0.1, 0.15) is 24.8 Å². The van der Waals surface area contributed by atoms with Gasteiger partial charge in [-0.2, -0.15) is 0 Å². The van der Waals surface area contributed by atoms with Gasteiger partial charge in [0.15, 0.2) is 0 Å². The van der Waals surface area contributed by atoms with Crippen LogP contribution >= 0.6 is 15.9 Å². The minimum absolute atomic E-state index is 0.259. The smallest absolute Gasteiger partial charge is 0.140 e. The molecule has 6 heteroatoms. The summed E-state index contributed by atoms with van der Waals surface area (Å²) >= 11 is 3.45. The van der Waals surface area contributed by atoms with Crippen LogP contribution in [0.25, 0.3) is 0 Å². The Labute approximate surface area is 115 Å². The molecule has 3 N–H and O–H groups in total. The molecular weight excluding hydrogens is 296 g/mol. The Bertz CT molecular complexity index is 459. The van der Waals surface area contributed by atoms with Crippen LogP contribution in [-0.4, -0.2) is 28.6 Å². The van der Waals surface area contributed by atoms with E-state index in [9.17, 15) is 0 Å². The van der Waals surface area contributed by atoms with Gasteiger partial charge < -0.3 is 15.8 Å². The van der Waals surface area contributed by atoms with Gasteiger partial charge in [0.2, 0.25) is 0 Å². The molecule has 0 aliphatic heterocycles. The van der Waals surface area contributed by atoms with E-state index in [1.807, 2.05) is 13.1 Å². The first kappa shape index (κ1) is 13.1. The van der Waals surface area contributed by atoms with E-state index >= 15 is 0 Å². The molecule has 0 spiro atoms. The summed E-state index contributed by atoms with van der Waals surface area (Å²) in [7, 11) is 0. The number of hydrogen-bond acceptors (Lipinski definition) is 4. The molecule has 1 heterocycles. The molecule has 1 aliphatic carbocycles. The molecule has 0 radical (unpaired) electrons. The van der Waals surface area contributed by atoms with Crippen molar-refractivity contribution in [3.05, 3.63) is 22.3 Å². The van der Waals surface area contributed by atoms with Gasteiger partial charge >= 0.3 is 0 Å². The van der Waals surface area contributed by atoms with Gasteiger partial charge in [0.05, 0.1) is 0 Å². The first-order valence-corrected chi connectivity index (χ1v) is 6.76. The second kappa shape index (κ2) is 5.56. The highest BCUT2D eigenvalue weighted by Gasteiger charge is 2.30. The van der Waals surface area contributed by atoms with E-state index in [0.717, 1.165) is 22.4 Å². The summed E-state index contributed by atoms with van der Waals surface area (Å²) in [6, 6.07) is 2.61. The molecule has 98 valence electrons. The second-order valence-corrected chi connectivity index (χ2v) is 5.41. The number of pyridine rings is 1. The molecule has 1 saturated carbocycles. The van der Waals surface area contributed by atoms with Crippen molar-refractivity contribution in [3.8, 4) is 0 Å². The molecule has 1 aromatic rings. The average Bonchev–Trinajstić information content (AvgIpc) is 3.18. The SMILES string of the molecule is Cc1cc(N(CC/C(N)=N/O)C2CC2)ncc1Br. The van der Waals surface area contributed by atoms with Crippen molar-refractivity contribution in [2.45, 2.75) is 32.2 Å². The molecule has 0 unspecified atom stereocenters. The van der Waals surface area contributed by atoms with Crippen LogP contribution in [0, 0.1) is 6.92 Å². The van der Waals surface area contributed by atoms with Crippen LogP contribution < -0.4 is 10.6 Å². The van der Waals surface area contributed by atoms with Crippen molar-refractivity contribution >= 4 is 27.6 Å². The summed E-state index contributed by atoms with van der Waals surface area (Å²) < 4.78 is 1.01. The minimum Gasteiger partial charge on any atom is -0.409 e. The van der Waals surface area contributed by atoms with Crippen molar-refractivity contribution in [3.63, 3.8) is 0 Å². The van der Waals surface area contributed by atoms with Gasteiger partial charge in [0, 0.05) is 29.7 Å². The Balaban J connectivity index is 2.11. The van der Waals surface area contributed by atoms with Gasteiger partial charge in [-0.1, -0.05) is 5.16 Å². The van der Waals surface area contributed by atoms with Crippen LogP contribution in [0.5, 0.6) is 0 Å². The van der Waals surface area contributed by atoms with E-state index in [1.165, 1.54) is 12.8 Å². The highest BCUT2D eigenvalue weighted by molar-refractivity contribution is 9.10. The van der Waals surface area contributed by atoms with Crippen LogP contribution in [0.15, 0.2) is 21.9 Å². The summed E-state index contributed by atoms with van der Waals surface area (Å²) in [5, 5.41) is 11.6. The van der Waals surface area contributed by atoms with Gasteiger partial charge in [-0.25, -0.2) is 4.98 Å². The maximum absolute atomic E-state index is 8.58. The Morgan fingerprint density at radius 3 is 2.94 bits per heavy atom. The maximum atomic E-state index is 8.58. The molecule has 1 aliphatic rings. The first-order chi connectivity index (χ1) is 8.61. The highest BCUT2D eigenvalue weighted by Crippen LogP contribution is 2.31. The lowest BCUT2D eigenvalue weighted by Crippen LogP contribution is -2.30. The van der Waals surface area contributed by atoms with Gasteiger partial charge in [0.25, 0.3) is 0 Å². The van der Waals surface area contributed by atoms with Crippen LogP contribution in [0.4, 0.5) is 5.82 Å². The van der Waals surface area contributed by atoms with E-state index in [1.54, 1.807) is 0 Å². The number of oxime groups is 1. The zero-order chi connectivity index (χ0) is 13.1. The third-order valence-electron chi connectivity index (χ3n) is 3.05. The third kappa shape index (κ3) is 3.13. The quantitative estimate of drug-likeness (QED) is 0.378. The number of halogens is 1. The van der Waals surface area contributed by atoms with Crippen LogP contribution in [0.3, 0.4) is 0 Å². The van der Waals surface area contributed by atoms with Crippen LogP contribution in [-0.2, 0) is 0 Å². The summed E-state index contributed by atoms with van der Waals surface area (Å²) in [4.78, 5) is 6.67. The van der Waals surface area contributed by atoms with Gasteiger partial charge in [-0.3, -0.25) is 0 Å². The van der Waals surface area contributed by atoms with E-state index in [0.29, 0.717) is 12.5 Å². The molecule has 5 nitrogen and oxygen atoms in total. The zero-order valence-electron chi connectivity index (χ0n) is 10.3. The summed E-state index contributed by atoms with van der Waals surface area (Å²) in [5.74, 6) is 1.22. The van der Waals surface area contributed by atoms with Crippen molar-refractivity contribution in [2.75, 3.05) is 11.4 Å². The molecule has 18 heavy (non-hydrogen) atoms. The molecule has 0 aromatic carbocycles. The number of aromatic nitrogens is 1. The number of rotatable bonds is 5. The van der Waals surface area contributed by atoms with Gasteiger partial charge in [-0.15, -0.1) is 0 Å². The minimum atomic E-state index is 0.259. The molecule has 0 atom stereocenters. The highest BCUT2D eigenvalue weighted by atomic mass is 79.9. The predicted molar refractivity (Wildman–Crippen MR) is 75.1 cm³/mol. The van der Waals surface area contributed by atoms with Crippen molar-refractivity contribution in [2.24, 2.45) is 10.9 Å². The monoisotopic (exact) mass is 312 g/mol. The number of hydrogen-bond donors (Lipinski definition) is 2. The lowest BCUT2D eigenvalue weighted by molar-refractivity contribution is 0.317. The standard InChI is InChI=1S/C12H17BrN4O/c1-8-6-12(15-7-10(8)13)17(9-2-3-9)5-4-11(14)16-18/h6-7,9,18H,2-5H2,1H3,(H2,14,16). The fraction of sp³-hybridized carbons (Fsp3) is 0.500. The van der Waals surface area contributed by atoms with E-state index < -0.39 is 0 Å². The van der Waals surface area contributed by atoms with Gasteiger partial charge in [-0.05, 0) is 47.3 Å². The topological polar surface area (TPSA) is 74.7 Å². The Morgan fingerprint density at radius 2 is 2.39 bits per heavy atom. The zero-order valence-corrected chi connectivity index (χ0v) is 11.9. The normalized spacial score (nSPS) is 15.8. The number of nitrogens with two attached hydrogens (primary N) is 1. The molecule has 0 saturated heterocycles. The molecule has 0 amide bonds. The van der Waals surface area contributed by atoms with Crippen molar-refractivity contribution in [1.29, 1.82) is 0 Å². The average molecular weight is 313 g/mol. The molecule has 2 rings (SSSR count). The van der Waals surface area contributed by atoms with Crippen LogP contribution in [0.2, 0.25) is 0 Å². The van der Waals surface area contributed by atoms with E-state index in [-0.39, 0.29) is 5.84 Å². The first-order valence-electron chi connectivity index (χ1n) is 5.97. The van der Waals surface area contributed by atoms with E-state index in [2.05, 4.69) is 37.0 Å². The predicted octanol–water partition coefficient (Wildman–Crippen LogP) is 2.26. The fourth-order valence-electron chi connectivity index (χ4n) is 1.84. The molecule has 0 bridgehead atoms. The number of aryl methyl sites for hydroxylation is 1. The van der Waals surface area contributed by atoms with Gasteiger partial charge in [0.1, 0.15) is 11.7 Å². The lowest BCUT2D eigenvalue weighted by atomic mass is 10.2. The fourth-order valence-corrected chi connectivity index (χ4v) is 2.05. The Morgan fingerprint density at radius 1 is 1.67 bits per heavy atom. The second-order valence-electron chi connectivity index (χ2n) is 4.56. The molecular formula is C12H17BrN4O. The third-order valence-corrected chi connectivity index (χ3v) is 3.88. The summed E-state index contributed by atoms with van der Waals surface area (Å²) in [6.45, 7) is 2.78. The molecule has 1 aromatic heterocycles. The number of anilines is 1. The van der Waals surface area contributed by atoms with E-state index in [4.69, 9.17) is 10.9 Å². The Kier molecular flexibility index (Phi) is 4.06. The summed E-state index contributed by atoms with van der Waals surface area (Å²) in [5.41, 5.74) is 6.68. The largest absolute Gasteiger partial charge is 0.409 e. The lowest BCUT2D eigenvalue weighted by Gasteiger charge is -2.23. The summed E-state index contributed by atoms with van der Waals surface area (Å²) in [6.07, 6.45) is 4.74.